The van der Waals surface area contributed by atoms with E-state index in [1.54, 1.807) is 0 Å². The highest BCUT2D eigenvalue weighted by molar-refractivity contribution is 7.92. The van der Waals surface area contributed by atoms with Crippen LogP contribution in [0.2, 0.25) is 0 Å². The molecule has 0 radical (unpaired) electrons. The number of nitrogen functional groups attached to an aromatic ring is 1. The van der Waals surface area contributed by atoms with Gasteiger partial charge < -0.3 is 11.1 Å². The molecule has 0 bridgehead atoms. The van der Waals surface area contributed by atoms with Gasteiger partial charge in [0.1, 0.15) is 5.75 Å². The van der Waals surface area contributed by atoms with Crippen molar-refractivity contribution in [1.29, 1.82) is 0 Å². The largest absolute Gasteiger partial charge is 0.396 e. The zero-order valence-corrected chi connectivity index (χ0v) is 10.6. The van der Waals surface area contributed by atoms with Crippen LogP contribution in [-0.2, 0) is 14.6 Å². The fraction of sp³-hybridized carbons (Fsp3) is 0.455. The molecule has 1 aromatic rings. The van der Waals surface area contributed by atoms with Gasteiger partial charge in [0.15, 0.2) is 9.84 Å². The molecule has 2 rings (SSSR count). The van der Waals surface area contributed by atoms with E-state index in [9.17, 15) is 13.2 Å². The molecule has 1 amide bonds. The normalized spacial score (nSPS) is 15.3. The van der Waals surface area contributed by atoms with Gasteiger partial charge in [-0.3, -0.25) is 9.78 Å². The average Bonchev–Trinajstić information content (AvgIpc) is 3.10. The second kappa shape index (κ2) is 4.93. The zero-order valence-electron chi connectivity index (χ0n) is 9.80. The Morgan fingerprint density at radius 2 is 2.22 bits per heavy atom. The minimum absolute atomic E-state index is 0.0425. The van der Waals surface area contributed by atoms with E-state index in [1.165, 1.54) is 18.5 Å². The Bertz CT molecular complexity index is 552. The van der Waals surface area contributed by atoms with E-state index >= 15 is 0 Å². The molecule has 7 heteroatoms. The monoisotopic (exact) mass is 269 g/mol. The van der Waals surface area contributed by atoms with Crippen LogP contribution >= 0.6 is 0 Å². The zero-order chi connectivity index (χ0) is 13.2. The van der Waals surface area contributed by atoms with E-state index in [-0.39, 0.29) is 10.6 Å². The molecule has 0 spiro atoms. The first kappa shape index (κ1) is 12.8. The van der Waals surface area contributed by atoms with Gasteiger partial charge in [0.25, 0.3) is 0 Å². The van der Waals surface area contributed by atoms with Gasteiger partial charge in [0.2, 0.25) is 5.91 Å². The van der Waals surface area contributed by atoms with Crippen LogP contribution in [0.3, 0.4) is 0 Å². The predicted molar refractivity (Wildman–Crippen MR) is 66.4 cm³/mol. The molecule has 3 N–H and O–H groups in total. The summed E-state index contributed by atoms with van der Waals surface area (Å²) in [7, 11) is -3.69. The summed E-state index contributed by atoms with van der Waals surface area (Å²) in [5.41, 5.74) is 5.60. The minimum atomic E-state index is -3.69. The third-order valence-electron chi connectivity index (χ3n) is 2.75. The number of rotatable bonds is 5. The number of hydrogen-bond donors (Lipinski definition) is 2. The summed E-state index contributed by atoms with van der Waals surface area (Å²) < 4.78 is 23.9. The van der Waals surface area contributed by atoms with Crippen molar-refractivity contribution in [2.75, 3.05) is 18.0 Å². The lowest BCUT2D eigenvalue weighted by atomic mass is 10.4. The van der Waals surface area contributed by atoms with Crippen LogP contribution in [0.15, 0.2) is 23.4 Å². The summed E-state index contributed by atoms with van der Waals surface area (Å²) in [6.07, 6.45) is 4.80. The summed E-state index contributed by atoms with van der Waals surface area (Å²) in [6.45, 7) is 0.556. The summed E-state index contributed by atoms with van der Waals surface area (Å²) in [4.78, 5) is 15.2. The topological polar surface area (TPSA) is 102 Å². The first-order valence-corrected chi connectivity index (χ1v) is 7.33. The highest BCUT2D eigenvalue weighted by Crippen LogP contribution is 2.27. The van der Waals surface area contributed by atoms with E-state index in [1.807, 2.05) is 0 Å². The lowest BCUT2D eigenvalue weighted by Gasteiger charge is -2.07. The molecule has 0 saturated heterocycles. The molecule has 18 heavy (non-hydrogen) atoms. The van der Waals surface area contributed by atoms with Gasteiger partial charge in [-0.25, -0.2) is 8.42 Å². The van der Waals surface area contributed by atoms with Gasteiger partial charge in [-0.2, -0.15) is 0 Å². The average molecular weight is 269 g/mol. The number of nitrogens with one attached hydrogen (secondary N) is 1. The van der Waals surface area contributed by atoms with Gasteiger partial charge in [-0.15, -0.1) is 0 Å². The van der Waals surface area contributed by atoms with Gasteiger partial charge >= 0.3 is 0 Å². The molecular formula is C11H15N3O3S. The van der Waals surface area contributed by atoms with E-state index in [0.717, 1.165) is 12.8 Å². The molecule has 0 atom stereocenters. The van der Waals surface area contributed by atoms with Crippen molar-refractivity contribution in [3.63, 3.8) is 0 Å². The Balaban J connectivity index is 2.02. The number of sulfone groups is 1. The van der Waals surface area contributed by atoms with E-state index in [0.29, 0.717) is 12.5 Å². The first-order chi connectivity index (χ1) is 8.49. The van der Waals surface area contributed by atoms with Gasteiger partial charge in [0.05, 0.1) is 16.8 Å². The van der Waals surface area contributed by atoms with Crippen LogP contribution in [-0.4, -0.2) is 31.6 Å². The summed E-state index contributed by atoms with van der Waals surface area (Å²) in [6, 6.07) is 1.30. The SMILES string of the molecule is Nc1cnccc1S(=O)(=O)CC(=O)NCC1CC1. The number of pyridine rings is 1. The third-order valence-corrected chi connectivity index (χ3v) is 4.44. The summed E-state index contributed by atoms with van der Waals surface area (Å²) >= 11 is 0. The Labute approximate surface area is 106 Å². The number of hydrogen-bond acceptors (Lipinski definition) is 5. The predicted octanol–water partition coefficient (Wildman–Crippen LogP) is -0.0363. The van der Waals surface area contributed by atoms with Crippen molar-refractivity contribution in [2.45, 2.75) is 17.7 Å². The Morgan fingerprint density at radius 3 is 2.83 bits per heavy atom. The van der Waals surface area contributed by atoms with E-state index in [4.69, 9.17) is 5.73 Å². The molecule has 6 nitrogen and oxygen atoms in total. The third kappa shape index (κ3) is 3.19. The van der Waals surface area contributed by atoms with E-state index < -0.39 is 21.5 Å². The number of amides is 1. The molecule has 1 heterocycles. The van der Waals surface area contributed by atoms with Crippen LogP contribution in [0.25, 0.3) is 0 Å². The minimum Gasteiger partial charge on any atom is -0.396 e. The highest BCUT2D eigenvalue weighted by atomic mass is 32.2. The quantitative estimate of drug-likeness (QED) is 0.781. The maximum absolute atomic E-state index is 12.0. The van der Waals surface area contributed by atoms with Gasteiger partial charge in [-0.05, 0) is 24.8 Å². The maximum atomic E-state index is 12.0. The molecule has 98 valence electrons. The van der Waals surface area contributed by atoms with Crippen LogP contribution in [0.4, 0.5) is 5.69 Å². The molecule has 0 aromatic carbocycles. The van der Waals surface area contributed by atoms with Crippen molar-refractivity contribution in [3.05, 3.63) is 18.5 Å². The maximum Gasteiger partial charge on any atom is 0.235 e. The fourth-order valence-electron chi connectivity index (χ4n) is 1.56. The second-order valence-corrected chi connectivity index (χ2v) is 6.38. The lowest BCUT2D eigenvalue weighted by Crippen LogP contribution is -2.32. The Morgan fingerprint density at radius 1 is 1.50 bits per heavy atom. The molecular weight excluding hydrogens is 254 g/mol. The van der Waals surface area contributed by atoms with Crippen molar-refractivity contribution >= 4 is 21.4 Å². The summed E-state index contributed by atoms with van der Waals surface area (Å²) in [5, 5.41) is 2.62. The number of carbonyl (C=O) groups excluding carboxylic acids is 1. The molecule has 1 fully saturated rings. The molecule has 1 aromatic heterocycles. The standard InChI is InChI=1S/C11H15N3O3S/c12-9-6-13-4-3-10(9)18(16,17)7-11(15)14-5-8-1-2-8/h3-4,6,8H,1-2,5,7,12H2,(H,14,15). The number of nitrogens with two attached hydrogens (primary N) is 1. The van der Waals surface area contributed by atoms with Crippen molar-refractivity contribution in [2.24, 2.45) is 5.92 Å². The van der Waals surface area contributed by atoms with Gasteiger partial charge in [0, 0.05) is 12.7 Å². The molecule has 1 aliphatic carbocycles. The first-order valence-electron chi connectivity index (χ1n) is 5.68. The molecule has 0 unspecified atom stereocenters. The van der Waals surface area contributed by atoms with Crippen molar-refractivity contribution < 1.29 is 13.2 Å². The smallest absolute Gasteiger partial charge is 0.235 e. The van der Waals surface area contributed by atoms with Crippen LogP contribution in [0.1, 0.15) is 12.8 Å². The summed E-state index contributed by atoms with van der Waals surface area (Å²) in [5.74, 6) is -0.547. The number of nitrogens with zero attached hydrogens (tertiary/aromatic N) is 1. The highest BCUT2D eigenvalue weighted by Gasteiger charge is 2.25. The molecule has 1 saturated carbocycles. The van der Waals surface area contributed by atoms with Crippen molar-refractivity contribution in [1.82, 2.24) is 10.3 Å². The van der Waals surface area contributed by atoms with Crippen LogP contribution in [0.5, 0.6) is 0 Å². The molecule has 1 aliphatic rings. The molecule has 0 aliphatic heterocycles. The Kier molecular flexibility index (Phi) is 3.51. The number of anilines is 1. The van der Waals surface area contributed by atoms with Crippen LogP contribution < -0.4 is 11.1 Å². The number of carbonyl (C=O) groups is 1. The van der Waals surface area contributed by atoms with Crippen molar-refractivity contribution in [3.8, 4) is 0 Å². The number of aromatic nitrogens is 1. The van der Waals surface area contributed by atoms with Crippen LogP contribution in [0, 0.1) is 5.92 Å². The van der Waals surface area contributed by atoms with Gasteiger partial charge in [-0.1, -0.05) is 0 Å². The van der Waals surface area contributed by atoms with E-state index in [2.05, 4.69) is 10.3 Å². The fourth-order valence-corrected chi connectivity index (χ4v) is 2.84. The Hall–Kier alpha value is -1.63. The second-order valence-electron chi connectivity index (χ2n) is 4.42. The lowest BCUT2D eigenvalue weighted by molar-refractivity contribution is -0.118.